The maximum atomic E-state index is 6.58. The van der Waals surface area contributed by atoms with Gasteiger partial charge in [-0.2, -0.15) is 0 Å². The second kappa shape index (κ2) is 10.5. The van der Waals surface area contributed by atoms with E-state index in [1.165, 1.54) is 0 Å². The Morgan fingerprint density at radius 3 is 1.75 bits per heavy atom. The van der Waals surface area contributed by atoms with E-state index >= 15 is 0 Å². The Labute approximate surface area is 274 Å². The summed E-state index contributed by atoms with van der Waals surface area (Å²) in [4.78, 5) is 14.9. The van der Waals surface area contributed by atoms with Crippen LogP contribution in [-0.2, 0) is 0 Å². The predicted octanol–water partition coefficient (Wildman–Crippen LogP) is 11.5. The average molecular weight is 616 g/mol. The predicted molar refractivity (Wildman–Crippen MR) is 194 cm³/mol. The molecule has 224 valence electrons. The zero-order valence-electron chi connectivity index (χ0n) is 25.6. The fourth-order valence-corrected chi connectivity index (χ4v) is 6.90. The zero-order valence-corrected chi connectivity index (χ0v) is 25.6. The van der Waals surface area contributed by atoms with Gasteiger partial charge in [0.15, 0.2) is 17.5 Å². The van der Waals surface area contributed by atoms with Gasteiger partial charge in [-0.1, -0.05) is 121 Å². The van der Waals surface area contributed by atoms with E-state index in [4.69, 9.17) is 23.8 Å². The molecule has 7 aromatic carbocycles. The number of para-hydroxylation sites is 1. The van der Waals surface area contributed by atoms with Gasteiger partial charge in [0.2, 0.25) is 0 Å². The van der Waals surface area contributed by atoms with Crippen molar-refractivity contribution in [2.75, 3.05) is 0 Å². The quantitative estimate of drug-likeness (QED) is 0.197. The Morgan fingerprint density at radius 1 is 0.354 bits per heavy atom. The Morgan fingerprint density at radius 2 is 0.979 bits per heavy atom. The molecular weight excluding hydrogens is 590 g/mol. The van der Waals surface area contributed by atoms with Crippen molar-refractivity contribution in [3.63, 3.8) is 0 Å². The van der Waals surface area contributed by atoms with Gasteiger partial charge in [-0.05, 0) is 46.8 Å². The molecule has 3 heterocycles. The molecule has 10 aromatic rings. The van der Waals surface area contributed by atoms with E-state index in [2.05, 4.69) is 66.7 Å². The largest absolute Gasteiger partial charge is 0.456 e. The summed E-state index contributed by atoms with van der Waals surface area (Å²) in [7, 11) is 0. The number of aromatic nitrogens is 3. The molecule has 0 aliphatic rings. The molecule has 0 saturated carbocycles. The van der Waals surface area contributed by atoms with E-state index in [1.54, 1.807) is 0 Å². The second-order valence-electron chi connectivity index (χ2n) is 12.0. The van der Waals surface area contributed by atoms with Crippen LogP contribution >= 0.6 is 0 Å². The molecule has 0 atom stereocenters. The third kappa shape index (κ3) is 4.15. The fraction of sp³-hybridized carbons (Fsp3) is 0. The van der Waals surface area contributed by atoms with Crippen LogP contribution in [0.5, 0.6) is 0 Å². The lowest BCUT2D eigenvalue weighted by molar-refractivity contribution is 0.669. The molecule has 0 unspecified atom stereocenters. The molecule has 48 heavy (non-hydrogen) atoms. The minimum atomic E-state index is 0.598. The van der Waals surface area contributed by atoms with Crippen molar-refractivity contribution < 1.29 is 8.83 Å². The van der Waals surface area contributed by atoms with E-state index in [1.807, 2.05) is 84.9 Å². The monoisotopic (exact) mass is 615 g/mol. The van der Waals surface area contributed by atoms with E-state index in [0.29, 0.717) is 17.5 Å². The lowest BCUT2D eigenvalue weighted by atomic mass is 9.94. The van der Waals surface area contributed by atoms with Crippen molar-refractivity contribution in [2.45, 2.75) is 0 Å². The third-order valence-corrected chi connectivity index (χ3v) is 9.12. The van der Waals surface area contributed by atoms with Gasteiger partial charge in [-0.25, -0.2) is 15.0 Å². The van der Waals surface area contributed by atoms with Crippen molar-refractivity contribution in [1.82, 2.24) is 15.0 Å². The summed E-state index contributed by atoms with van der Waals surface area (Å²) in [6.45, 7) is 0. The molecule has 0 saturated heterocycles. The van der Waals surface area contributed by atoms with E-state index in [-0.39, 0.29) is 0 Å². The number of furan rings is 2. The van der Waals surface area contributed by atoms with Crippen LogP contribution < -0.4 is 0 Å². The van der Waals surface area contributed by atoms with Gasteiger partial charge in [-0.3, -0.25) is 0 Å². The minimum absolute atomic E-state index is 0.598. The highest BCUT2D eigenvalue weighted by Crippen LogP contribution is 2.43. The molecular formula is C43H25N3O2. The average Bonchev–Trinajstić information content (AvgIpc) is 3.74. The smallest absolute Gasteiger partial charge is 0.164 e. The summed E-state index contributed by atoms with van der Waals surface area (Å²) in [5, 5.41) is 6.40. The first-order valence-corrected chi connectivity index (χ1v) is 15.9. The van der Waals surface area contributed by atoms with Crippen LogP contribution in [0.25, 0.3) is 99.9 Å². The molecule has 0 amide bonds. The normalized spacial score (nSPS) is 11.8. The Kier molecular flexibility index (Phi) is 5.81. The van der Waals surface area contributed by atoms with Gasteiger partial charge in [0.1, 0.15) is 22.3 Å². The third-order valence-electron chi connectivity index (χ3n) is 9.12. The lowest BCUT2D eigenvalue weighted by Gasteiger charge is -2.09. The molecule has 0 fully saturated rings. The highest BCUT2D eigenvalue weighted by molar-refractivity contribution is 6.22. The zero-order chi connectivity index (χ0) is 31.6. The summed E-state index contributed by atoms with van der Waals surface area (Å²) in [5.41, 5.74) is 8.27. The Balaban J connectivity index is 1.19. The number of hydrogen-bond donors (Lipinski definition) is 0. The van der Waals surface area contributed by atoms with Crippen molar-refractivity contribution in [3.8, 4) is 45.3 Å². The van der Waals surface area contributed by atoms with Gasteiger partial charge in [0.25, 0.3) is 0 Å². The summed E-state index contributed by atoms with van der Waals surface area (Å²) in [6, 6.07) is 51.5. The maximum absolute atomic E-state index is 6.58. The molecule has 0 aliphatic carbocycles. The van der Waals surface area contributed by atoms with E-state index < -0.39 is 0 Å². The molecule has 0 aliphatic heterocycles. The summed E-state index contributed by atoms with van der Waals surface area (Å²) >= 11 is 0. The Bertz CT molecular complexity index is 2780. The van der Waals surface area contributed by atoms with Crippen LogP contribution in [0.15, 0.2) is 160 Å². The van der Waals surface area contributed by atoms with E-state index in [9.17, 15) is 0 Å². The SMILES string of the molecule is c1ccc(-c2nc(-c3ccccc3)nc(-c3cccc4oc5cc(-c6cc7ccccc7c7oc8ccccc8c67)ccc5c34)n2)cc1. The van der Waals surface area contributed by atoms with Gasteiger partial charge in [0.05, 0.1) is 0 Å². The van der Waals surface area contributed by atoms with Crippen molar-refractivity contribution in [2.24, 2.45) is 0 Å². The van der Waals surface area contributed by atoms with Crippen LogP contribution in [0.3, 0.4) is 0 Å². The van der Waals surface area contributed by atoms with Gasteiger partial charge in [-0.15, -0.1) is 0 Å². The maximum Gasteiger partial charge on any atom is 0.164 e. The molecule has 10 rings (SSSR count). The van der Waals surface area contributed by atoms with Gasteiger partial charge < -0.3 is 8.83 Å². The minimum Gasteiger partial charge on any atom is -0.456 e. The van der Waals surface area contributed by atoms with Crippen molar-refractivity contribution in [3.05, 3.63) is 152 Å². The number of nitrogens with zero attached hydrogens (tertiary/aromatic N) is 3. The molecule has 5 heteroatoms. The van der Waals surface area contributed by atoms with Crippen LogP contribution in [0.2, 0.25) is 0 Å². The summed E-state index contributed by atoms with van der Waals surface area (Å²) in [5.74, 6) is 1.85. The number of benzene rings is 7. The summed E-state index contributed by atoms with van der Waals surface area (Å²) < 4.78 is 13.0. The number of hydrogen-bond acceptors (Lipinski definition) is 5. The number of rotatable bonds is 4. The van der Waals surface area contributed by atoms with Crippen molar-refractivity contribution >= 4 is 54.6 Å². The van der Waals surface area contributed by atoms with Crippen LogP contribution in [0, 0.1) is 0 Å². The highest BCUT2D eigenvalue weighted by Gasteiger charge is 2.20. The first kappa shape index (κ1) is 26.6. The summed E-state index contributed by atoms with van der Waals surface area (Å²) in [6.07, 6.45) is 0. The Hall–Kier alpha value is -6.59. The fourth-order valence-electron chi connectivity index (χ4n) is 6.90. The number of fused-ring (bicyclic) bond motifs is 8. The van der Waals surface area contributed by atoms with Crippen LogP contribution in [0.4, 0.5) is 0 Å². The van der Waals surface area contributed by atoms with E-state index in [0.717, 1.165) is 82.5 Å². The molecule has 5 nitrogen and oxygen atoms in total. The molecule has 0 bridgehead atoms. The van der Waals surface area contributed by atoms with Crippen LogP contribution in [-0.4, -0.2) is 15.0 Å². The first-order chi connectivity index (χ1) is 23.8. The first-order valence-electron chi connectivity index (χ1n) is 15.9. The van der Waals surface area contributed by atoms with Gasteiger partial charge in [0, 0.05) is 43.6 Å². The lowest BCUT2D eigenvalue weighted by Crippen LogP contribution is -2.00. The van der Waals surface area contributed by atoms with Crippen molar-refractivity contribution in [1.29, 1.82) is 0 Å². The standard InChI is InChI=1S/C43H25N3O2/c1-3-12-26(13-4-1)41-44-42(27-14-5-2-6-15-27)46-43(45-41)33-19-11-21-36-38(33)32-23-22-29(25-37(32)47-36)34-24-28-16-7-8-17-30(28)40-39(34)31-18-9-10-20-35(31)48-40/h1-25H. The molecule has 0 radical (unpaired) electrons. The van der Waals surface area contributed by atoms with Crippen LogP contribution in [0.1, 0.15) is 0 Å². The molecule has 0 N–H and O–H groups in total. The molecule has 0 spiro atoms. The molecule has 3 aromatic heterocycles. The van der Waals surface area contributed by atoms with Gasteiger partial charge >= 0.3 is 0 Å². The highest BCUT2D eigenvalue weighted by atomic mass is 16.3. The topological polar surface area (TPSA) is 65.0 Å². The second-order valence-corrected chi connectivity index (χ2v) is 12.0.